The second-order valence-corrected chi connectivity index (χ2v) is 8.45. The third-order valence-electron chi connectivity index (χ3n) is 5.91. The smallest absolute Gasteiger partial charge is 0.241 e. The van der Waals surface area contributed by atoms with Crippen molar-refractivity contribution in [1.29, 1.82) is 0 Å². The molecule has 0 bridgehead atoms. The summed E-state index contributed by atoms with van der Waals surface area (Å²) >= 11 is 5.93. The monoisotopic (exact) mass is 451 g/mol. The zero-order chi connectivity index (χ0) is 22.1. The zero-order valence-electron chi connectivity index (χ0n) is 17.3. The van der Waals surface area contributed by atoms with Crippen molar-refractivity contribution in [3.63, 3.8) is 0 Å². The lowest BCUT2D eigenvalue weighted by Gasteiger charge is -2.36. The number of carbonyl (C=O) groups excluding carboxylic acids is 2. The van der Waals surface area contributed by atoms with Gasteiger partial charge < -0.3 is 14.7 Å². The molecule has 32 heavy (non-hydrogen) atoms. The molecule has 1 atom stereocenters. The Hall–Kier alpha value is -3.23. The number of piperazine rings is 1. The summed E-state index contributed by atoms with van der Waals surface area (Å²) in [7, 11) is 0. The number of benzene rings is 2. The fourth-order valence-corrected chi connectivity index (χ4v) is 4.33. The van der Waals surface area contributed by atoms with Gasteiger partial charge in [-0.3, -0.25) is 14.5 Å². The molecule has 1 unspecified atom stereocenters. The number of hydrogen-bond donors (Lipinski definition) is 1. The minimum absolute atomic E-state index is 0.00904. The van der Waals surface area contributed by atoms with Crippen LogP contribution in [0.2, 0.25) is 5.02 Å². The number of nitrogens with zero attached hydrogens (tertiary/aromatic N) is 4. The first kappa shape index (κ1) is 20.7. The highest BCUT2D eigenvalue weighted by molar-refractivity contribution is 6.30. The lowest BCUT2D eigenvalue weighted by atomic mass is 9.89. The fraction of sp³-hybridized carbons (Fsp3) is 0.304. The molecule has 0 aliphatic carbocycles. The standard InChI is InChI=1S/C23H22ClN5O3/c24-16-7-5-15(6-8-16)22-26-21(32-27-22)14-28-9-11-29(12-10-28)23(31)18-13-20(30)25-19-4-2-1-3-17(18)19/h1-8,18H,9-14H2,(H,25,30). The third-order valence-corrected chi connectivity index (χ3v) is 6.16. The van der Waals surface area contributed by atoms with Gasteiger partial charge in [-0.25, -0.2) is 0 Å². The number of fused-ring (bicyclic) bond motifs is 1. The Bertz CT molecular complexity index is 1140. The lowest BCUT2D eigenvalue weighted by Crippen LogP contribution is -2.50. The number of anilines is 1. The summed E-state index contributed by atoms with van der Waals surface area (Å²) < 4.78 is 5.41. The molecule has 0 saturated carbocycles. The van der Waals surface area contributed by atoms with Gasteiger partial charge in [-0.15, -0.1) is 0 Å². The van der Waals surface area contributed by atoms with Crippen molar-refractivity contribution in [3.8, 4) is 11.4 Å². The number of nitrogens with one attached hydrogen (secondary N) is 1. The Morgan fingerprint density at radius 3 is 2.62 bits per heavy atom. The van der Waals surface area contributed by atoms with Gasteiger partial charge in [0.25, 0.3) is 0 Å². The van der Waals surface area contributed by atoms with Crippen molar-refractivity contribution in [2.24, 2.45) is 0 Å². The molecule has 1 saturated heterocycles. The van der Waals surface area contributed by atoms with Crippen LogP contribution in [0.1, 0.15) is 23.8 Å². The normalized spacial score (nSPS) is 18.8. The van der Waals surface area contributed by atoms with E-state index in [1.807, 2.05) is 41.3 Å². The Kier molecular flexibility index (Phi) is 5.63. The van der Waals surface area contributed by atoms with Crippen LogP contribution in [0.5, 0.6) is 0 Å². The van der Waals surface area contributed by atoms with Crippen LogP contribution in [0, 0.1) is 0 Å². The van der Waals surface area contributed by atoms with Crippen molar-refractivity contribution in [2.75, 3.05) is 31.5 Å². The predicted molar refractivity (Wildman–Crippen MR) is 119 cm³/mol. The van der Waals surface area contributed by atoms with Gasteiger partial charge in [0.1, 0.15) is 0 Å². The molecule has 1 aromatic heterocycles. The topological polar surface area (TPSA) is 91.6 Å². The summed E-state index contributed by atoms with van der Waals surface area (Å²) in [5, 5.41) is 7.56. The Morgan fingerprint density at radius 2 is 1.84 bits per heavy atom. The average molecular weight is 452 g/mol. The molecule has 3 aromatic rings. The van der Waals surface area contributed by atoms with Crippen LogP contribution in [0.15, 0.2) is 53.1 Å². The number of halogens is 1. The second kappa shape index (κ2) is 8.72. The lowest BCUT2D eigenvalue weighted by molar-refractivity contribution is -0.136. The largest absolute Gasteiger partial charge is 0.340 e. The van der Waals surface area contributed by atoms with Crippen LogP contribution in [0.4, 0.5) is 5.69 Å². The van der Waals surface area contributed by atoms with E-state index in [1.54, 1.807) is 12.1 Å². The van der Waals surface area contributed by atoms with E-state index in [0.717, 1.165) is 16.8 Å². The maximum absolute atomic E-state index is 13.2. The Morgan fingerprint density at radius 1 is 1.09 bits per heavy atom. The number of hydrogen-bond acceptors (Lipinski definition) is 6. The van der Waals surface area contributed by atoms with E-state index in [-0.39, 0.29) is 18.2 Å². The number of amides is 2. The van der Waals surface area contributed by atoms with Gasteiger partial charge in [0.2, 0.25) is 23.5 Å². The minimum atomic E-state index is -0.427. The van der Waals surface area contributed by atoms with Crippen molar-refractivity contribution < 1.29 is 14.1 Å². The highest BCUT2D eigenvalue weighted by atomic mass is 35.5. The van der Waals surface area contributed by atoms with E-state index in [1.165, 1.54) is 0 Å². The first-order valence-electron chi connectivity index (χ1n) is 10.6. The van der Waals surface area contributed by atoms with Gasteiger partial charge in [-0.1, -0.05) is 35.0 Å². The van der Waals surface area contributed by atoms with Crippen LogP contribution >= 0.6 is 11.6 Å². The molecule has 2 aliphatic rings. The summed E-state index contributed by atoms with van der Waals surface area (Å²) in [5.41, 5.74) is 2.46. The van der Waals surface area contributed by atoms with Gasteiger partial charge in [-0.05, 0) is 35.9 Å². The molecule has 3 heterocycles. The molecule has 2 amide bonds. The van der Waals surface area contributed by atoms with Crippen molar-refractivity contribution in [1.82, 2.24) is 19.9 Å². The van der Waals surface area contributed by atoms with E-state index in [0.29, 0.717) is 49.5 Å². The van der Waals surface area contributed by atoms with Crippen LogP contribution in [-0.4, -0.2) is 57.9 Å². The summed E-state index contributed by atoms with van der Waals surface area (Å²) in [6.45, 7) is 3.11. The maximum atomic E-state index is 13.2. The summed E-state index contributed by atoms with van der Waals surface area (Å²) in [6, 6.07) is 14.8. The number of para-hydroxylation sites is 1. The molecular weight excluding hydrogens is 430 g/mol. The molecule has 1 fully saturated rings. The van der Waals surface area contributed by atoms with Gasteiger partial charge in [0, 0.05) is 48.9 Å². The van der Waals surface area contributed by atoms with Crippen molar-refractivity contribution in [3.05, 3.63) is 65.0 Å². The molecule has 2 aliphatic heterocycles. The maximum Gasteiger partial charge on any atom is 0.241 e. The van der Waals surface area contributed by atoms with E-state index < -0.39 is 5.92 Å². The minimum Gasteiger partial charge on any atom is -0.340 e. The van der Waals surface area contributed by atoms with Crippen molar-refractivity contribution >= 4 is 29.1 Å². The third kappa shape index (κ3) is 4.24. The first-order chi connectivity index (χ1) is 15.6. The fourth-order valence-electron chi connectivity index (χ4n) is 4.20. The Labute approximate surface area is 190 Å². The molecule has 164 valence electrons. The highest BCUT2D eigenvalue weighted by Crippen LogP contribution is 2.33. The van der Waals surface area contributed by atoms with Gasteiger partial charge >= 0.3 is 0 Å². The second-order valence-electron chi connectivity index (χ2n) is 8.01. The SMILES string of the molecule is O=C1CC(C(=O)N2CCN(Cc3nc(-c4ccc(Cl)cc4)no3)CC2)c2ccccc2N1. The van der Waals surface area contributed by atoms with E-state index >= 15 is 0 Å². The summed E-state index contributed by atoms with van der Waals surface area (Å²) in [6.07, 6.45) is 0.186. The Balaban J connectivity index is 1.19. The predicted octanol–water partition coefficient (Wildman–Crippen LogP) is 3.16. The molecule has 2 aromatic carbocycles. The zero-order valence-corrected chi connectivity index (χ0v) is 18.1. The van der Waals surface area contributed by atoms with Gasteiger partial charge in [0.05, 0.1) is 12.5 Å². The number of carbonyl (C=O) groups is 2. The van der Waals surface area contributed by atoms with Crippen molar-refractivity contribution in [2.45, 2.75) is 18.9 Å². The number of aromatic nitrogens is 2. The van der Waals surface area contributed by atoms with E-state index in [2.05, 4.69) is 20.4 Å². The van der Waals surface area contributed by atoms with Crippen LogP contribution < -0.4 is 5.32 Å². The molecule has 9 heteroatoms. The van der Waals surface area contributed by atoms with Gasteiger partial charge in [-0.2, -0.15) is 4.98 Å². The quantitative estimate of drug-likeness (QED) is 0.655. The molecule has 5 rings (SSSR count). The highest BCUT2D eigenvalue weighted by Gasteiger charge is 2.34. The van der Waals surface area contributed by atoms with E-state index in [4.69, 9.17) is 16.1 Å². The molecule has 0 spiro atoms. The van der Waals surface area contributed by atoms with Crippen LogP contribution in [-0.2, 0) is 16.1 Å². The summed E-state index contributed by atoms with van der Waals surface area (Å²) in [5.74, 6) is 0.528. The molecule has 1 N–H and O–H groups in total. The van der Waals surface area contributed by atoms with Gasteiger partial charge in [0.15, 0.2) is 0 Å². The first-order valence-corrected chi connectivity index (χ1v) is 10.9. The van der Waals surface area contributed by atoms with E-state index in [9.17, 15) is 9.59 Å². The number of rotatable bonds is 4. The van der Waals surface area contributed by atoms with Crippen LogP contribution in [0.3, 0.4) is 0 Å². The molecule has 0 radical (unpaired) electrons. The van der Waals surface area contributed by atoms with Crippen LogP contribution in [0.25, 0.3) is 11.4 Å². The average Bonchev–Trinajstić information content (AvgIpc) is 3.27. The molecule has 8 nitrogen and oxygen atoms in total. The molecular formula is C23H22ClN5O3. The summed E-state index contributed by atoms with van der Waals surface area (Å²) in [4.78, 5) is 33.8.